The summed E-state index contributed by atoms with van der Waals surface area (Å²) >= 11 is 3.32. The van der Waals surface area contributed by atoms with Gasteiger partial charge in [-0.05, 0) is 55.8 Å². The van der Waals surface area contributed by atoms with Crippen molar-refractivity contribution in [1.29, 1.82) is 0 Å². The van der Waals surface area contributed by atoms with E-state index in [2.05, 4.69) is 21.2 Å². The second-order valence-electron chi connectivity index (χ2n) is 6.55. The largest absolute Gasteiger partial charge is 0.379 e. The fourth-order valence-electron chi connectivity index (χ4n) is 4.87. The monoisotopic (exact) mass is 329 g/mol. The van der Waals surface area contributed by atoms with E-state index in [1.54, 1.807) is 0 Å². The Morgan fingerprint density at radius 3 is 2.26 bits per heavy atom. The maximum Gasteiger partial charge on any atom is 0.223 e. The van der Waals surface area contributed by atoms with Crippen molar-refractivity contribution in [3.63, 3.8) is 0 Å². The zero-order chi connectivity index (χ0) is 13.2. The van der Waals surface area contributed by atoms with Gasteiger partial charge in [-0.2, -0.15) is 0 Å². The number of hydrogen-bond acceptors (Lipinski definition) is 2. The molecular formula is C15H24BrNO2. The van der Waals surface area contributed by atoms with Crippen LogP contribution in [0.3, 0.4) is 0 Å². The van der Waals surface area contributed by atoms with Crippen LogP contribution >= 0.6 is 15.9 Å². The maximum atomic E-state index is 12.4. The van der Waals surface area contributed by atoms with Crippen LogP contribution in [0.1, 0.15) is 32.1 Å². The van der Waals surface area contributed by atoms with Crippen molar-refractivity contribution in [2.45, 2.75) is 32.1 Å². The summed E-state index contributed by atoms with van der Waals surface area (Å²) in [5, 5.41) is 3.95. The molecule has 0 atom stereocenters. The lowest BCUT2D eigenvalue weighted by Gasteiger charge is -2.53. The van der Waals surface area contributed by atoms with Crippen LogP contribution in [0.2, 0.25) is 0 Å². The number of amides is 1. The molecule has 4 heteroatoms. The van der Waals surface area contributed by atoms with Crippen molar-refractivity contribution in [3.05, 3.63) is 0 Å². The molecule has 19 heavy (non-hydrogen) atoms. The smallest absolute Gasteiger partial charge is 0.223 e. The van der Waals surface area contributed by atoms with Crippen molar-refractivity contribution >= 4 is 21.8 Å². The average Bonchev–Trinajstić information content (AvgIpc) is 2.37. The van der Waals surface area contributed by atoms with Gasteiger partial charge in [0.05, 0.1) is 13.2 Å². The van der Waals surface area contributed by atoms with Gasteiger partial charge in [-0.3, -0.25) is 4.79 Å². The number of halogens is 1. The van der Waals surface area contributed by atoms with Gasteiger partial charge in [0.2, 0.25) is 5.91 Å². The Labute approximate surface area is 124 Å². The van der Waals surface area contributed by atoms with E-state index >= 15 is 0 Å². The molecule has 0 heterocycles. The molecule has 3 nitrogen and oxygen atoms in total. The molecule has 108 valence electrons. The Morgan fingerprint density at radius 1 is 1.05 bits per heavy atom. The van der Waals surface area contributed by atoms with E-state index in [4.69, 9.17) is 4.74 Å². The van der Waals surface area contributed by atoms with Crippen LogP contribution in [0.15, 0.2) is 0 Å². The van der Waals surface area contributed by atoms with Crippen molar-refractivity contribution in [3.8, 4) is 0 Å². The number of nitrogens with one attached hydrogen (secondary N) is 1. The minimum Gasteiger partial charge on any atom is -0.379 e. The standard InChI is InChI=1S/C15H24BrNO2/c16-1-3-19-4-2-17-15(18)14-12-6-10-5-11(8-12)9-13(14)7-10/h10-14H,1-9H2,(H,17,18). The second kappa shape index (κ2) is 6.13. The summed E-state index contributed by atoms with van der Waals surface area (Å²) in [7, 11) is 0. The van der Waals surface area contributed by atoms with Crippen LogP contribution in [0.5, 0.6) is 0 Å². The first-order valence-corrected chi connectivity index (χ1v) is 8.81. The maximum absolute atomic E-state index is 12.4. The van der Waals surface area contributed by atoms with Crippen molar-refractivity contribution in [2.24, 2.45) is 29.6 Å². The van der Waals surface area contributed by atoms with E-state index in [1.807, 2.05) is 0 Å². The average molecular weight is 330 g/mol. The molecule has 0 aromatic rings. The Kier molecular flexibility index (Phi) is 4.47. The lowest BCUT2D eigenvalue weighted by Crippen LogP contribution is -2.51. The third-order valence-corrected chi connectivity index (χ3v) is 5.62. The van der Waals surface area contributed by atoms with Crippen molar-refractivity contribution in [2.75, 3.05) is 25.1 Å². The van der Waals surface area contributed by atoms with E-state index in [0.29, 0.717) is 43.4 Å². The molecule has 4 saturated carbocycles. The zero-order valence-electron chi connectivity index (χ0n) is 11.4. The van der Waals surface area contributed by atoms with Crippen molar-refractivity contribution < 1.29 is 9.53 Å². The predicted octanol–water partition coefficient (Wildman–Crippen LogP) is 2.59. The van der Waals surface area contributed by atoms with Gasteiger partial charge < -0.3 is 10.1 Å². The number of carbonyl (C=O) groups is 1. The van der Waals surface area contributed by atoms with E-state index in [9.17, 15) is 4.79 Å². The van der Waals surface area contributed by atoms with Crippen molar-refractivity contribution in [1.82, 2.24) is 5.32 Å². The van der Waals surface area contributed by atoms with Gasteiger partial charge in [-0.15, -0.1) is 0 Å². The highest BCUT2D eigenvalue weighted by molar-refractivity contribution is 9.09. The van der Waals surface area contributed by atoms with Crippen LogP contribution in [0.4, 0.5) is 0 Å². The van der Waals surface area contributed by atoms with Crippen LogP contribution < -0.4 is 5.32 Å². The van der Waals surface area contributed by atoms with Crippen LogP contribution in [-0.4, -0.2) is 31.0 Å². The SMILES string of the molecule is O=C(NCCOCCBr)C1C2CC3CC(C2)CC1C3. The van der Waals surface area contributed by atoms with Gasteiger partial charge >= 0.3 is 0 Å². The molecule has 0 unspecified atom stereocenters. The summed E-state index contributed by atoms with van der Waals surface area (Å²) in [6, 6.07) is 0. The van der Waals surface area contributed by atoms with E-state index < -0.39 is 0 Å². The third kappa shape index (κ3) is 2.99. The molecule has 4 aliphatic rings. The summed E-state index contributed by atoms with van der Waals surface area (Å²) in [6.07, 6.45) is 6.69. The summed E-state index contributed by atoms with van der Waals surface area (Å²) in [4.78, 5) is 12.4. The van der Waals surface area contributed by atoms with Crippen LogP contribution in [0, 0.1) is 29.6 Å². The normalized spacial score (nSPS) is 39.5. The fourth-order valence-corrected chi connectivity index (χ4v) is 5.10. The number of hydrogen-bond donors (Lipinski definition) is 1. The predicted molar refractivity (Wildman–Crippen MR) is 78.2 cm³/mol. The van der Waals surface area contributed by atoms with Crippen LogP contribution in [-0.2, 0) is 9.53 Å². The van der Waals surface area contributed by atoms with Gasteiger partial charge in [0.25, 0.3) is 0 Å². The van der Waals surface area contributed by atoms with E-state index in [-0.39, 0.29) is 0 Å². The number of ether oxygens (including phenoxy) is 1. The summed E-state index contributed by atoms with van der Waals surface area (Å²) in [5.41, 5.74) is 0. The summed E-state index contributed by atoms with van der Waals surface area (Å²) in [5.74, 6) is 3.85. The quantitative estimate of drug-likeness (QED) is 0.600. The third-order valence-electron chi connectivity index (χ3n) is 5.30. The molecule has 0 radical (unpaired) electrons. The topological polar surface area (TPSA) is 38.3 Å². The molecule has 0 saturated heterocycles. The van der Waals surface area contributed by atoms with Gasteiger partial charge in [-0.25, -0.2) is 0 Å². The second-order valence-corrected chi connectivity index (χ2v) is 7.34. The minimum atomic E-state index is 0.302. The number of alkyl halides is 1. The van der Waals surface area contributed by atoms with Crippen LogP contribution in [0.25, 0.3) is 0 Å². The first-order valence-electron chi connectivity index (χ1n) is 7.69. The first-order chi connectivity index (χ1) is 9.28. The lowest BCUT2D eigenvalue weighted by molar-refractivity contribution is -0.138. The summed E-state index contributed by atoms with van der Waals surface area (Å²) in [6.45, 7) is 2.01. The molecule has 0 aromatic heterocycles. The molecule has 4 rings (SSSR count). The molecule has 0 aromatic carbocycles. The molecular weight excluding hydrogens is 306 g/mol. The number of carbonyl (C=O) groups excluding carboxylic acids is 1. The van der Waals surface area contributed by atoms with E-state index in [0.717, 1.165) is 17.2 Å². The van der Waals surface area contributed by atoms with Gasteiger partial charge in [0.15, 0.2) is 0 Å². The first kappa shape index (κ1) is 13.9. The number of rotatable bonds is 6. The Morgan fingerprint density at radius 2 is 1.68 bits per heavy atom. The molecule has 4 fully saturated rings. The molecule has 1 N–H and O–H groups in total. The molecule has 4 bridgehead atoms. The molecule has 1 amide bonds. The van der Waals surface area contributed by atoms with Gasteiger partial charge in [0.1, 0.15) is 0 Å². The Balaban J connectivity index is 1.47. The highest BCUT2D eigenvalue weighted by Crippen LogP contribution is 2.56. The van der Waals surface area contributed by atoms with E-state index in [1.165, 1.54) is 32.1 Å². The highest BCUT2D eigenvalue weighted by atomic mass is 79.9. The Bertz CT molecular complexity index is 306. The van der Waals surface area contributed by atoms with Gasteiger partial charge in [0, 0.05) is 17.8 Å². The highest BCUT2D eigenvalue weighted by Gasteiger charge is 2.50. The molecule has 4 aliphatic carbocycles. The zero-order valence-corrected chi connectivity index (χ0v) is 13.0. The fraction of sp³-hybridized carbons (Fsp3) is 0.933. The molecule has 0 aliphatic heterocycles. The minimum absolute atomic E-state index is 0.302. The summed E-state index contributed by atoms with van der Waals surface area (Å²) < 4.78 is 5.38. The molecule has 0 spiro atoms. The lowest BCUT2D eigenvalue weighted by atomic mass is 9.51. The van der Waals surface area contributed by atoms with Gasteiger partial charge in [-0.1, -0.05) is 15.9 Å². The Hall–Kier alpha value is -0.0900.